The largest absolute Gasteiger partial charge is 0.352 e. The van der Waals surface area contributed by atoms with Crippen LogP contribution in [0.3, 0.4) is 0 Å². The van der Waals surface area contributed by atoms with Gasteiger partial charge in [0.05, 0.1) is 10.0 Å². The first kappa shape index (κ1) is 22.4. The van der Waals surface area contributed by atoms with E-state index >= 15 is 0 Å². The standard InChI is InChI=1S/C22H20Cl4N4O/c23-13-6-8-16(18(25)10-13)21-22(17-9-7-14(24)11-19(17)26)29-30(28-21)12-20(31)27-15-4-2-1-3-5-15/h6-11,15H,1-5,12H2,(H,27,31). The summed E-state index contributed by atoms with van der Waals surface area (Å²) in [5.41, 5.74) is 2.31. The molecule has 1 aromatic heterocycles. The van der Waals surface area contributed by atoms with Crippen molar-refractivity contribution in [3.63, 3.8) is 0 Å². The van der Waals surface area contributed by atoms with Crippen LogP contribution in [0.25, 0.3) is 22.5 Å². The monoisotopic (exact) mass is 496 g/mol. The Bertz CT molecular complexity index is 1040. The average molecular weight is 498 g/mol. The summed E-state index contributed by atoms with van der Waals surface area (Å²) in [6.45, 7) is -0.0000818. The second kappa shape index (κ2) is 9.78. The van der Waals surface area contributed by atoms with Crippen molar-refractivity contribution in [1.29, 1.82) is 0 Å². The highest BCUT2D eigenvalue weighted by Crippen LogP contribution is 2.38. The van der Waals surface area contributed by atoms with Gasteiger partial charge < -0.3 is 5.32 Å². The van der Waals surface area contributed by atoms with Gasteiger partial charge in [-0.05, 0) is 49.2 Å². The number of amides is 1. The van der Waals surface area contributed by atoms with Crippen LogP contribution in [0.15, 0.2) is 36.4 Å². The highest BCUT2D eigenvalue weighted by molar-refractivity contribution is 6.37. The van der Waals surface area contributed by atoms with E-state index in [0.717, 1.165) is 25.7 Å². The third-order valence-corrected chi connectivity index (χ3v) is 6.38. The van der Waals surface area contributed by atoms with Gasteiger partial charge in [-0.25, -0.2) is 0 Å². The lowest BCUT2D eigenvalue weighted by Gasteiger charge is -2.22. The number of nitrogens with zero attached hydrogens (tertiary/aromatic N) is 3. The zero-order valence-electron chi connectivity index (χ0n) is 16.5. The Morgan fingerprint density at radius 1 is 0.871 bits per heavy atom. The molecule has 0 saturated heterocycles. The van der Waals surface area contributed by atoms with Gasteiger partial charge in [0.25, 0.3) is 0 Å². The lowest BCUT2D eigenvalue weighted by atomic mass is 9.95. The van der Waals surface area contributed by atoms with E-state index in [4.69, 9.17) is 46.4 Å². The number of benzene rings is 2. The van der Waals surface area contributed by atoms with Crippen LogP contribution >= 0.6 is 46.4 Å². The molecule has 1 aliphatic rings. The topological polar surface area (TPSA) is 59.8 Å². The van der Waals surface area contributed by atoms with Crippen molar-refractivity contribution >= 4 is 52.3 Å². The maximum Gasteiger partial charge on any atom is 0.243 e. The maximum atomic E-state index is 12.6. The third-order valence-electron chi connectivity index (χ3n) is 5.28. The van der Waals surface area contributed by atoms with Gasteiger partial charge in [0.2, 0.25) is 5.91 Å². The number of rotatable bonds is 5. The molecule has 162 valence electrons. The molecule has 4 rings (SSSR count). The van der Waals surface area contributed by atoms with Crippen molar-refractivity contribution in [2.45, 2.75) is 44.7 Å². The molecular formula is C22H20Cl4N4O. The first-order valence-electron chi connectivity index (χ1n) is 10.1. The average Bonchev–Trinajstić information content (AvgIpc) is 3.11. The summed E-state index contributed by atoms with van der Waals surface area (Å²) in [6.07, 6.45) is 5.53. The van der Waals surface area contributed by atoms with Crippen LogP contribution in [0.5, 0.6) is 0 Å². The Labute approximate surface area is 200 Å². The summed E-state index contributed by atoms with van der Waals surface area (Å²) in [6, 6.07) is 10.5. The van der Waals surface area contributed by atoms with Crippen molar-refractivity contribution in [2.75, 3.05) is 0 Å². The molecule has 3 aromatic rings. The number of halogens is 4. The Kier molecular flexibility index (Phi) is 7.07. The fourth-order valence-electron chi connectivity index (χ4n) is 3.79. The summed E-state index contributed by atoms with van der Waals surface area (Å²) in [5.74, 6) is -0.121. The molecule has 0 aliphatic heterocycles. The van der Waals surface area contributed by atoms with Crippen LogP contribution in [0.4, 0.5) is 0 Å². The molecular weight excluding hydrogens is 478 g/mol. The summed E-state index contributed by atoms with van der Waals surface area (Å²) in [5, 5.41) is 14.1. The second-order valence-electron chi connectivity index (χ2n) is 7.58. The van der Waals surface area contributed by atoms with E-state index in [1.54, 1.807) is 36.4 Å². The van der Waals surface area contributed by atoms with Gasteiger partial charge in [-0.1, -0.05) is 65.7 Å². The van der Waals surface area contributed by atoms with Gasteiger partial charge in [0.1, 0.15) is 17.9 Å². The summed E-state index contributed by atoms with van der Waals surface area (Å²) in [7, 11) is 0. The second-order valence-corrected chi connectivity index (χ2v) is 9.27. The van der Waals surface area contributed by atoms with E-state index in [-0.39, 0.29) is 18.5 Å². The molecule has 0 radical (unpaired) electrons. The van der Waals surface area contributed by atoms with Crippen LogP contribution < -0.4 is 5.32 Å². The summed E-state index contributed by atoms with van der Waals surface area (Å²) in [4.78, 5) is 14.0. The Morgan fingerprint density at radius 2 is 1.39 bits per heavy atom. The van der Waals surface area contributed by atoms with Crippen molar-refractivity contribution in [2.24, 2.45) is 0 Å². The molecule has 1 aliphatic carbocycles. The molecule has 2 aromatic carbocycles. The normalized spacial score (nSPS) is 14.6. The van der Waals surface area contributed by atoms with Crippen LogP contribution in [-0.2, 0) is 11.3 Å². The van der Waals surface area contributed by atoms with Crippen molar-refractivity contribution in [3.8, 4) is 22.5 Å². The minimum atomic E-state index is -0.121. The maximum absolute atomic E-state index is 12.6. The third kappa shape index (κ3) is 5.35. The first-order valence-corrected chi connectivity index (χ1v) is 11.6. The minimum Gasteiger partial charge on any atom is -0.352 e. The molecule has 5 nitrogen and oxygen atoms in total. The number of nitrogens with one attached hydrogen (secondary N) is 1. The predicted octanol–water partition coefficient (Wildman–Crippen LogP) is 6.67. The molecule has 31 heavy (non-hydrogen) atoms. The molecule has 1 heterocycles. The molecule has 0 spiro atoms. The number of hydrogen-bond donors (Lipinski definition) is 1. The smallest absolute Gasteiger partial charge is 0.243 e. The molecule has 1 saturated carbocycles. The van der Waals surface area contributed by atoms with Gasteiger partial charge in [-0.2, -0.15) is 15.0 Å². The van der Waals surface area contributed by atoms with Crippen molar-refractivity contribution < 1.29 is 4.79 Å². The molecule has 0 unspecified atom stereocenters. The van der Waals surface area contributed by atoms with Crippen LogP contribution in [0.2, 0.25) is 20.1 Å². The van der Waals surface area contributed by atoms with E-state index in [1.807, 2.05) is 0 Å². The lowest BCUT2D eigenvalue weighted by molar-refractivity contribution is -0.123. The van der Waals surface area contributed by atoms with Gasteiger partial charge in [0, 0.05) is 27.2 Å². The van der Waals surface area contributed by atoms with E-state index < -0.39 is 0 Å². The lowest BCUT2D eigenvalue weighted by Crippen LogP contribution is -2.38. The van der Waals surface area contributed by atoms with Gasteiger partial charge in [0.15, 0.2) is 0 Å². The van der Waals surface area contributed by atoms with Gasteiger partial charge >= 0.3 is 0 Å². The van der Waals surface area contributed by atoms with E-state index in [1.165, 1.54) is 11.2 Å². The van der Waals surface area contributed by atoms with Crippen LogP contribution in [0.1, 0.15) is 32.1 Å². The molecule has 0 atom stereocenters. The van der Waals surface area contributed by atoms with Gasteiger partial charge in [-0.3, -0.25) is 4.79 Å². The molecule has 9 heteroatoms. The molecule has 1 fully saturated rings. The quantitative estimate of drug-likeness (QED) is 0.427. The highest BCUT2D eigenvalue weighted by Gasteiger charge is 2.22. The molecule has 0 bridgehead atoms. The highest BCUT2D eigenvalue weighted by atomic mass is 35.5. The minimum absolute atomic E-state index is 0.0000818. The summed E-state index contributed by atoms with van der Waals surface area (Å²) >= 11 is 25.0. The zero-order valence-corrected chi connectivity index (χ0v) is 19.6. The number of carbonyl (C=O) groups is 1. The SMILES string of the molecule is O=C(Cn1nc(-c2ccc(Cl)cc2Cl)c(-c2ccc(Cl)cc2Cl)n1)NC1CCCCC1. The molecule has 1 amide bonds. The predicted molar refractivity (Wildman–Crippen MR) is 126 cm³/mol. The van der Waals surface area contributed by atoms with Crippen molar-refractivity contribution in [3.05, 3.63) is 56.5 Å². The summed E-state index contributed by atoms with van der Waals surface area (Å²) < 4.78 is 0. The van der Waals surface area contributed by atoms with Crippen LogP contribution in [-0.4, -0.2) is 26.9 Å². The van der Waals surface area contributed by atoms with Gasteiger partial charge in [-0.15, -0.1) is 0 Å². The zero-order chi connectivity index (χ0) is 22.0. The Hall–Kier alpha value is -1.79. The first-order chi connectivity index (χ1) is 14.9. The Morgan fingerprint density at radius 3 is 1.87 bits per heavy atom. The fraction of sp³-hybridized carbons (Fsp3) is 0.318. The number of hydrogen-bond acceptors (Lipinski definition) is 3. The molecule has 1 N–H and O–H groups in total. The fourth-order valence-corrected chi connectivity index (χ4v) is 4.79. The van der Waals surface area contributed by atoms with E-state index in [0.29, 0.717) is 42.6 Å². The Balaban J connectivity index is 1.69. The van der Waals surface area contributed by atoms with Crippen molar-refractivity contribution in [1.82, 2.24) is 20.3 Å². The number of aromatic nitrogens is 3. The number of carbonyl (C=O) groups excluding carboxylic acids is 1. The van der Waals surface area contributed by atoms with E-state index in [9.17, 15) is 4.79 Å². The van der Waals surface area contributed by atoms with E-state index in [2.05, 4.69) is 15.5 Å². The van der Waals surface area contributed by atoms with Crippen LogP contribution in [0, 0.1) is 0 Å².